The number of anilines is 1. The molecule has 1 spiro atoms. The summed E-state index contributed by atoms with van der Waals surface area (Å²) in [5.41, 5.74) is 5.98. The van der Waals surface area contributed by atoms with Crippen molar-refractivity contribution >= 4 is 22.6 Å². The number of hydrogen-bond donors (Lipinski definition) is 2. The first kappa shape index (κ1) is 16.6. The van der Waals surface area contributed by atoms with Crippen LogP contribution in [0.3, 0.4) is 0 Å². The lowest BCUT2D eigenvalue weighted by atomic mass is 10.1. The molecule has 142 valence electrons. The fourth-order valence-electron chi connectivity index (χ4n) is 4.65. The number of nitrogens with zero attached hydrogens (tertiary/aromatic N) is 2. The Hall–Kier alpha value is -2.61. The predicted molar refractivity (Wildman–Crippen MR) is 97.2 cm³/mol. The number of rotatable bonds is 2. The molecule has 1 saturated carbocycles. The molecule has 2 aromatic rings. The Balaban J connectivity index is 1.76. The maximum Gasteiger partial charge on any atom is 0.341 e. The lowest BCUT2D eigenvalue weighted by molar-refractivity contribution is 0.0694. The molecule has 3 heterocycles. The first-order chi connectivity index (χ1) is 12.8. The number of aromatic nitrogens is 1. The van der Waals surface area contributed by atoms with Crippen LogP contribution in [0.2, 0.25) is 0 Å². The number of carboxylic acid groups (broad SMARTS) is 1. The zero-order valence-corrected chi connectivity index (χ0v) is 14.9. The van der Waals surface area contributed by atoms with Crippen LogP contribution < -0.4 is 20.9 Å². The van der Waals surface area contributed by atoms with E-state index in [9.17, 15) is 14.7 Å². The van der Waals surface area contributed by atoms with Gasteiger partial charge in [0, 0.05) is 29.9 Å². The summed E-state index contributed by atoms with van der Waals surface area (Å²) in [4.78, 5) is 26.1. The van der Waals surface area contributed by atoms with Crippen molar-refractivity contribution in [3.05, 3.63) is 33.9 Å². The first-order valence-electron chi connectivity index (χ1n) is 9.11. The summed E-state index contributed by atoms with van der Waals surface area (Å²) in [6, 6.07) is 2.35. The van der Waals surface area contributed by atoms with Gasteiger partial charge in [-0.05, 0) is 31.9 Å². The Kier molecular flexibility index (Phi) is 3.20. The Bertz CT molecular complexity index is 1070. The van der Waals surface area contributed by atoms with Crippen LogP contribution in [0.1, 0.15) is 36.2 Å². The molecule has 5 rings (SSSR count). The Morgan fingerprint density at radius 1 is 1.44 bits per heavy atom. The number of pyridine rings is 1. The highest BCUT2D eigenvalue weighted by molar-refractivity contribution is 5.97. The first-order valence-corrected chi connectivity index (χ1v) is 9.11. The monoisotopic (exact) mass is 373 g/mol. The van der Waals surface area contributed by atoms with E-state index in [0.717, 1.165) is 12.8 Å². The van der Waals surface area contributed by atoms with Gasteiger partial charge < -0.3 is 20.5 Å². The summed E-state index contributed by atoms with van der Waals surface area (Å²) in [6.45, 7) is 3.31. The molecule has 2 fully saturated rings. The van der Waals surface area contributed by atoms with Crippen LogP contribution in [0.15, 0.2) is 16.9 Å². The van der Waals surface area contributed by atoms with Gasteiger partial charge in [0.15, 0.2) is 11.6 Å². The van der Waals surface area contributed by atoms with E-state index in [-0.39, 0.29) is 29.7 Å². The molecule has 1 aromatic heterocycles. The van der Waals surface area contributed by atoms with Crippen LogP contribution >= 0.6 is 0 Å². The highest BCUT2D eigenvalue weighted by Gasteiger charge is 2.56. The molecule has 3 atom stereocenters. The van der Waals surface area contributed by atoms with Crippen molar-refractivity contribution in [1.29, 1.82) is 0 Å². The molecule has 2 aliphatic heterocycles. The summed E-state index contributed by atoms with van der Waals surface area (Å²) >= 11 is 0. The molecular formula is C19H20FN3O4. The summed E-state index contributed by atoms with van der Waals surface area (Å²) in [5, 5.41) is 9.70. The summed E-state index contributed by atoms with van der Waals surface area (Å²) in [5.74, 6) is -1.47. The largest absolute Gasteiger partial charge is 0.487 e. The maximum atomic E-state index is 15.1. The highest BCUT2D eigenvalue weighted by atomic mass is 19.1. The third kappa shape index (κ3) is 2.16. The average Bonchev–Trinajstić information content (AvgIpc) is 3.04. The van der Waals surface area contributed by atoms with Crippen LogP contribution in [0, 0.1) is 11.2 Å². The molecule has 0 radical (unpaired) electrons. The van der Waals surface area contributed by atoms with Crippen molar-refractivity contribution in [2.45, 2.75) is 31.8 Å². The predicted octanol–water partition coefficient (Wildman–Crippen LogP) is 1.72. The van der Waals surface area contributed by atoms with Gasteiger partial charge in [-0.15, -0.1) is 0 Å². The third-order valence-corrected chi connectivity index (χ3v) is 6.30. The molecule has 1 aliphatic carbocycles. The molecule has 0 amide bonds. The standard InChI is InChI=1S/C19H20FN3O4/c1-9-7-27-16-14-10(4-11(18(25)26)17(24)23(9)14)5-12(20)15(16)22-3-2-19(8-22)6-13(19)21/h4-5,9,13H,2-3,6-8,21H2,1H3,(H,25,26)/t9-,13?,19?/m0/s1. The van der Waals surface area contributed by atoms with Gasteiger partial charge in [0.2, 0.25) is 0 Å². The van der Waals surface area contributed by atoms with E-state index in [1.165, 1.54) is 16.7 Å². The maximum absolute atomic E-state index is 15.1. The number of carbonyl (C=O) groups is 1. The highest BCUT2D eigenvalue weighted by Crippen LogP contribution is 2.54. The smallest absolute Gasteiger partial charge is 0.341 e. The van der Waals surface area contributed by atoms with Crippen LogP contribution in [0.5, 0.6) is 5.75 Å². The van der Waals surface area contributed by atoms with Crippen LogP contribution in [-0.4, -0.2) is 41.4 Å². The van der Waals surface area contributed by atoms with Gasteiger partial charge in [0.1, 0.15) is 17.9 Å². The van der Waals surface area contributed by atoms with E-state index >= 15 is 4.39 Å². The van der Waals surface area contributed by atoms with Crippen molar-refractivity contribution < 1.29 is 19.0 Å². The minimum Gasteiger partial charge on any atom is -0.487 e. The molecule has 2 unspecified atom stereocenters. The summed E-state index contributed by atoms with van der Waals surface area (Å²) in [7, 11) is 0. The number of carboxylic acids is 1. The summed E-state index contributed by atoms with van der Waals surface area (Å²) in [6.07, 6.45) is 1.85. The number of nitrogens with two attached hydrogens (primary N) is 1. The van der Waals surface area contributed by atoms with Crippen molar-refractivity contribution in [3.63, 3.8) is 0 Å². The second-order valence-electron chi connectivity index (χ2n) is 8.02. The van der Waals surface area contributed by atoms with Crippen LogP contribution in [0.4, 0.5) is 10.1 Å². The molecule has 27 heavy (non-hydrogen) atoms. The molecule has 8 heteroatoms. The number of ether oxygens (including phenoxy) is 1. The van der Waals surface area contributed by atoms with Gasteiger partial charge in [-0.2, -0.15) is 0 Å². The van der Waals surface area contributed by atoms with E-state index in [1.54, 1.807) is 6.92 Å². The molecule has 0 bridgehead atoms. The van der Waals surface area contributed by atoms with Gasteiger partial charge in [0.05, 0.1) is 11.6 Å². The molecule has 3 aliphatic rings. The fourth-order valence-corrected chi connectivity index (χ4v) is 4.65. The summed E-state index contributed by atoms with van der Waals surface area (Å²) < 4.78 is 22.4. The third-order valence-electron chi connectivity index (χ3n) is 6.30. The second-order valence-corrected chi connectivity index (χ2v) is 8.02. The zero-order chi connectivity index (χ0) is 19.1. The lowest BCUT2D eigenvalue weighted by Gasteiger charge is -2.31. The average molecular weight is 373 g/mol. The molecule has 7 nitrogen and oxygen atoms in total. The molecule has 1 aromatic carbocycles. The van der Waals surface area contributed by atoms with Gasteiger partial charge >= 0.3 is 5.97 Å². The van der Waals surface area contributed by atoms with Crippen molar-refractivity contribution in [2.24, 2.45) is 11.1 Å². The quantitative estimate of drug-likeness (QED) is 0.832. The lowest BCUT2D eigenvalue weighted by Crippen LogP contribution is -2.35. The Labute approximate surface area is 154 Å². The Morgan fingerprint density at radius 2 is 2.19 bits per heavy atom. The molecular weight excluding hydrogens is 353 g/mol. The fraction of sp³-hybridized carbons (Fsp3) is 0.474. The van der Waals surface area contributed by atoms with E-state index in [1.807, 2.05) is 4.90 Å². The van der Waals surface area contributed by atoms with Crippen molar-refractivity contribution in [3.8, 4) is 5.75 Å². The normalized spacial score (nSPS) is 28.6. The number of hydrogen-bond acceptors (Lipinski definition) is 5. The topological polar surface area (TPSA) is 97.8 Å². The SMILES string of the molecule is C[C@H]1COc2c(N3CCC4(CC4N)C3)c(F)cc3cc(C(=O)O)c(=O)n1c23. The number of benzene rings is 1. The van der Waals surface area contributed by atoms with E-state index in [4.69, 9.17) is 10.5 Å². The van der Waals surface area contributed by atoms with Gasteiger partial charge in [-0.1, -0.05) is 0 Å². The number of aromatic carboxylic acids is 1. The second kappa shape index (κ2) is 5.22. The van der Waals surface area contributed by atoms with E-state index in [2.05, 4.69) is 0 Å². The van der Waals surface area contributed by atoms with Crippen molar-refractivity contribution in [2.75, 3.05) is 24.6 Å². The van der Waals surface area contributed by atoms with Crippen molar-refractivity contribution in [1.82, 2.24) is 4.57 Å². The van der Waals surface area contributed by atoms with Gasteiger partial charge in [0.25, 0.3) is 5.56 Å². The van der Waals surface area contributed by atoms with E-state index in [0.29, 0.717) is 35.4 Å². The van der Waals surface area contributed by atoms with Crippen LogP contribution in [0.25, 0.3) is 10.9 Å². The van der Waals surface area contributed by atoms with Gasteiger partial charge in [-0.3, -0.25) is 9.36 Å². The molecule has 1 saturated heterocycles. The van der Waals surface area contributed by atoms with Gasteiger partial charge in [-0.25, -0.2) is 9.18 Å². The molecule has 3 N–H and O–H groups in total. The van der Waals surface area contributed by atoms with Crippen LogP contribution in [-0.2, 0) is 0 Å². The minimum absolute atomic E-state index is 0.0584. The number of halogens is 1. The van der Waals surface area contributed by atoms with E-state index < -0.39 is 17.3 Å². The Morgan fingerprint density at radius 3 is 2.81 bits per heavy atom. The zero-order valence-electron chi connectivity index (χ0n) is 14.9. The minimum atomic E-state index is -1.32.